The van der Waals surface area contributed by atoms with Gasteiger partial charge in [0, 0.05) is 57.3 Å². The summed E-state index contributed by atoms with van der Waals surface area (Å²) in [6.45, 7) is 9.41. The van der Waals surface area contributed by atoms with E-state index in [-0.39, 0.29) is 11.6 Å². The van der Waals surface area contributed by atoms with Crippen LogP contribution in [0.5, 0.6) is 0 Å². The van der Waals surface area contributed by atoms with Crippen LogP contribution in [0.1, 0.15) is 54.5 Å². The first kappa shape index (κ1) is 25.4. The molecule has 1 amide bonds. The molecule has 0 unspecified atom stereocenters. The minimum atomic E-state index is -0.600. The monoisotopic (exact) mass is 483 g/mol. The number of hydrogen-bond acceptors (Lipinski definition) is 5. The van der Waals surface area contributed by atoms with Crippen LogP contribution in [0.4, 0.5) is 0 Å². The maximum Gasteiger partial charge on any atom is 0.284 e. The van der Waals surface area contributed by atoms with Gasteiger partial charge in [-0.3, -0.25) is 14.5 Å². The molecule has 2 N–H and O–H groups in total. The molecule has 4 rings (SSSR count). The van der Waals surface area contributed by atoms with Crippen molar-refractivity contribution in [3.8, 4) is 11.8 Å². The van der Waals surface area contributed by atoms with Gasteiger partial charge in [0.1, 0.15) is 5.69 Å². The lowest BCUT2D eigenvalue weighted by molar-refractivity contribution is 0.0981. The number of rotatable bonds is 6. The maximum absolute atomic E-state index is 13.1. The van der Waals surface area contributed by atoms with Crippen LogP contribution in [0.25, 0.3) is 0 Å². The first-order valence-electron chi connectivity index (χ1n) is 12.2. The highest BCUT2D eigenvalue weighted by molar-refractivity contribution is 5.98. The van der Waals surface area contributed by atoms with E-state index in [9.17, 15) is 9.59 Å². The molecule has 1 aliphatic heterocycles. The van der Waals surface area contributed by atoms with Crippen LogP contribution >= 0.6 is 0 Å². The second-order valence-corrected chi connectivity index (χ2v) is 9.61. The van der Waals surface area contributed by atoms with Crippen molar-refractivity contribution in [1.82, 2.24) is 19.4 Å². The number of imidazole rings is 1. The fourth-order valence-corrected chi connectivity index (χ4v) is 4.40. The van der Waals surface area contributed by atoms with Gasteiger partial charge in [0.25, 0.3) is 5.91 Å². The van der Waals surface area contributed by atoms with Gasteiger partial charge in [-0.25, -0.2) is 4.98 Å². The highest BCUT2D eigenvalue weighted by Gasteiger charge is 2.16. The SMILES string of the molecule is Cc1ccc(C(=O)Cc2ccc(CN3CCN(C)CC3)c(C)c2)cc1C#Cc1cnc(C(N)=O)n1C. The van der Waals surface area contributed by atoms with Gasteiger partial charge in [0.05, 0.1) is 6.20 Å². The van der Waals surface area contributed by atoms with Crippen molar-refractivity contribution >= 4 is 11.7 Å². The number of Topliss-reactive ketones (excluding diaryl/α,β-unsaturated/α-hetero) is 1. The molecule has 0 saturated carbocycles. The van der Waals surface area contributed by atoms with Crippen LogP contribution in [-0.4, -0.2) is 64.3 Å². The molecule has 2 aromatic carbocycles. The number of primary amides is 1. The van der Waals surface area contributed by atoms with Crippen molar-refractivity contribution < 1.29 is 9.59 Å². The van der Waals surface area contributed by atoms with E-state index in [1.165, 1.54) is 17.3 Å². The number of likely N-dealkylation sites (N-methyl/N-ethyl adjacent to an activating group) is 1. The van der Waals surface area contributed by atoms with Gasteiger partial charge < -0.3 is 15.2 Å². The largest absolute Gasteiger partial charge is 0.363 e. The third kappa shape index (κ3) is 5.91. The topological polar surface area (TPSA) is 84.5 Å². The number of piperazine rings is 1. The minimum Gasteiger partial charge on any atom is -0.363 e. The smallest absolute Gasteiger partial charge is 0.284 e. The Hall–Kier alpha value is -3.73. The second-order valence-electron chi connectivity index (χ2n) is 9.61. The molecule has 1 aromatic heterocycles. The van der Waals surface area contributed by atoms with Crippen molar-refractivity contribution in [3.63, 3.8) is 0 Å². The van der Waals surface area contributed by atoms with E-state index in [1.807, 2.05) is 25.1 Å². The van der Waals surface area contributed by atoms with Crippen LogP contribution in [0.3, 0.4) is 0 Å². The Morgan fingerprint density at radius 2 is 1.72 bits per heavy atom. The molecule has 1 fully saturated rings. The standard InChI is InChI=1S/C29H33N5O2/c1-20-5-7-24(17-23(20)9-10-26-18-31-29(28(30)36)33(26)4)27(35)16-22-6-8-25(21(2)15-22)19-34-13-11-32(3)12-14-34/h5-8,15,17-18H,11-14,16,19H2,1-4H3,(H2,30,36). The number of nitrogens with zero attached hydrogens (tertiary/aromatic N) is 4. The van der Waals surface area contributed by atoms with Crippen molar-refractivity contribution in [2.45, 2.75) is 26.8 Å². The van der Waals surface area contributed by atoms with Gasteiger partial charge in [-0.1, -0.05) is 36.3 Å². The summed E-state index contributed by atoms with van der Waals surface area (Å²) >= 11 is 0. The summed E-state index contributed by atoms with van der Waals surface area (Å²) in [5.74, 6) is 5.77. The molecular weight excluding hydrogens is 450 g/mol. The van der Waals surface area contributed by atoms with E-state index in [0.717, 1.165) is 49.4 Å². The summed E-state index contributed by atoms with van der Waals surface area (Å²) in [5, 5.41) is 0. The first-order valence-corrected chi connectivity index (χ1v) is 12.2. The van der Waals surface area contributed by atoms with Crippen molar-refractivity contribution in [3.05, 3.63) is 87.5 Å². The summed E-state index contributed by atoms with van der Waals surface area (Å²) in [4.78, 5) is 33.4. The Balaban J connectivity index is 1.46. The fourth-order valence-electron chi connectivity index (χ4n) is 4.40. The van der Waals surface area contributed by atoms with Crippen LogP contribution in [-0.2, 0) is 20.0 Å². The average Bonchev–Trinajstić information content (AvgIpc) is 3.22. The number of carbonyl (C=O) groups is 2. The Morgan fingerprint density at radius 1 is 0.972 bits per heavy atom. The molecule has 0 aliphatic carbocycles. The number of nitrogens with two attached hydrogens (primary N) is 1. The molecule has 0 atom stereocenters. The molecular formula is C29H33N5O2. The van der Waals surface area contributed by atoms with Gasteiger partial charge in [0.2, 0.25) is 0 Å². The molecule has 0 radical (unpaired) electrons. The molecule has 1 saturated heterocycles. The number of aromatic nitrogens is 2. The van der Waals surface area contributed by atoms with Gasteiger partial charge in [0.15, 0.2) is 11.6 Å². The maximum atomic E-state index is 13.1. The van der Waals surface area contributed by atoms with Crippen molar-refractivity contribution in [1.29, 1.82) is 0 Å². The Labute approximate surface area is 212 Å². The van der Waals surface area contributed by atoms with Crippen LogP contribution in [0.15, 0.2) is 42.6 Å². The van der Waals surface area contributed by atoms with E-state index < -0.39 is 5.91 Å². The van der Waals surface area contributed by atoms with E-state index >= 15 is 0 Å². The Morgan fingerprint density at radius 3 is 2.39 bits per heavy atom. The number of aryl methyl sites for hydroxylation is 2. The number of ketones is 1. The lowest BCUT2D eigenvalue weighted by atomic mass is 9.96. The van der Waals surface area contributed by atoms with Crippen LogP contribution in [0.2, 0.25) is 0 Å². The van der Waals surface area contributed by atoms with Crippen LogP contribution in [0, 0.1) is 25.7 Å². The minimum absolute atomic E-state index is 0.0563. The second kappa shape index (κ2) is 10.9. The molecule has 1 aliphatic rings. The number of amides is 1. The molecule has 3 aromatic rings. The fraction of sp³-hybridized carbons (Fsp3) is 0.345. The Bertz CT molecular complexity index is 1350. The molecule has 0 spiro atoms. The van der Waals surface area contributed by atoms with E-state index in [2.05, 4.69) is 58.8 Å². The summed E-state index contributed by atoms with van der Waals surface area (Å²) in [6.07, 6.45) is 1.86. The van der Waals surface area contributed by atoms with Crippen molar-refractivity contribution in [2.75, 3.05) is 33.2 Å². The number of carbonyl (C=O) groups excluding carboxylic acids is 2. The van der Waals surface area contributed by atoms with E-state index in [4.69, 9.17) is 5.73 Å². The third-order valence-corrected chi connectivity index (χ3v) is 6.85. The number of benzene rings is 2. The summed E-state index contributed by atoms with van der Waals surface area (Å²) < 4.78 is 1.56. The normalized spacial score (nSPS) is 14.3. The summed E-state index contributed by atoms with van der Waals surface area (Å²) in [7, 11) is 3.86. The van der Waals surface area contributed by atoms with Gasteiger partial charge >= 0.3 is 0 Å². The molecule has 7 heteroatoms. The molecule has 36 heavy (non-hydrogen) atoms. The van der Waals surface area contributed by atoms with Gasteiger partial charge in [-0.05, 0) is 55.1 Å². The third-order valence-electron chi connectivity index (χ3n) is 6.85. The number of hydrogen-bond donors (Lipinski definition) is 1. The predicted octanol–water partition coefficient (Wildman–Crippen LogP) is 2.71. The average molecular weight is 484 g/mol. The lowest BCUT2D eigenvalue weighted by Crippen LogP contribution is -2.43. The molecule has 2 heterocycles. The zero-order chi connectivity index (χ0) is 25.8. The zero-order valence-electron chi connectivity index (χ0n) is 21.5. The quantitative estimate of drug-likeness (QED) is 0.431. The zero-order valence-corrected chi connectivity index (χ0v) is 21.5. The first-order chi connectivity index (χ1) is 17.2. The molecule has 0 bridgehead atoms. The van der Waals surface area contributed by atoms with Crippen LogP contribution < -0.4 is 5.73 Å². The molecule has 186 valence electrons. The summed E-state index contributed by atoms with van der Waals surface area (Å²) in [6, 6.07) is 12.0. The van der Waals surface area contributed by atoms with Gasteiger partial charge in [-0.15, -0.1) is 0 Å². The Kier molecular flexibility index (Phi) is 7.68. The van der Waals surface area contributed by atoms with Gasteiger partial charge in [-0.2, -0.15) is 0 Å². The highest BCUT2D eigenvalue weighted by atomic mass is 16.1. The molecule has 7 nitrogen and oxygen atoms in total. The highest BCUT2D eigenvalue weighted by Crippen LogP contribution is 2.18. The van der Waals surface area contributed by atoms with Crippen molar-refractivity contribution in [2.24, 2.45) is 12.8 Å². The van der Waals surface area contributed by atoms with E-state index in [1.54, 1.807) is 11.6 Å². The lowest BCUT2D eigenvalue weighted by Gasteiger charge is -2.32. The predicted molar refractivity (Wildman–Crippen MR) is 141 cm³/mol. The van der Waals surface area contributed by atoms with E-state index in [0.29, 0.717) is 17.7 Å². The summed E-state index contributed by atoms with van der Waals surface area (Å²) in [5.41, 5.74) is 11.8.